The van der Waals surface area contributed by atoms with Crippen LogP contribution in [0, 0.1) is 5.82 Å². The Bertz CT molecular complexity index is 966. The van der Waals surface area contributed by atoms with Gasteiger partial charge in [-0.05, 0) is 13.0 Å². The zero-order chi connectivity index (χ0) is 21.6. The van der Waals surface area contributed by atoms with E-state index in [0.29, 0.717) is 5.75 Å². The Hall–Kier alpha value is -3.39. The highest BCUT2D eigenvalue weighted by molar-refractivity contribution is 5.76. The monoisotopic (exact) mass is 405 g/mol. The molecule has 0 aromatic heterocycles. The number of aliphatic carboxylic acids is 1. The average Bonchev–Trinajstić information content (AvgIpc) is 2.67. The van der Waals surface area contributed by atoms with Crippen molar-refractivity contribution in [2.75, 3.05) is 7.11 Å². The smallest absolute Gasteiger partial charge is 0.307 e. The van der Waals surface area contributed by atoms with E-state index in [1.807, 2.05) is 0 Å². The zero-order valence-corrected chi connectivity index (χ0v) is 15.9. The lowest BCUT2D eigenvalue weighted by Crippen LogP contribution is -2.04. The van der Waals surface area contributed by atoms with Crippen LogP contribution in [0.4, 0.5) is 8.78 Å². The number of halogens is 2. The van der Waals surface area contributed by atoms with Crippen LogP contribution in [0.5, 0.6) is 11.5 Å². The first kappa shape index (κ1) is 21.9. The van der Waals surface area contributed by atoms with E-state index in [4.69, 9.17) is 20.3 Å². The molecular formula is C21H21F2NO5. The Morgan fingerprint density at radius 1 is 1.21 bits per heavy atom. The predicted molar refractivity (Wildman–Crippen MR) is 104 cm³/mol. The number of ether oxygens (including phenoxy) is 2. The first-order valence-electron chi connectivity index (χ1n) is 8.58. The van der Waals surface area contributed by atoms with Gasteiger partial charge in [0.1, 0.15) is 17.3 Å². The van der Waals surface area contributed by atoms with E-state index >= 15 is 0 Å². The topological polar surface area (TPSA) is 102 Å². The standard InChI is InChI=1S/C21H21F2NO5/c1-12(25)17(16-5-3-4-14(11-24)21(16)23)10-19(22)29-18-9-15(28-2)7-6-13(18)8-20(26)27/h3-7,9-10,25H,8,11,24H2,1-2H3,(H,26,27)/b17-12-,19-10+. The van der Waals surface area contributed by atoms with Crippen molar-refractivity contribution in [3.05, 3.63) is 76.8 Å². The van der Waals surface area contributed by atoms with Crippen LogP contribution in [0.3, 0.4) is 0 Å². The van der Waals surface area contributed by atoms with Gasteiger partial charge in [-0.1, -0.05) is 24.3 Å². The SMILES string of the molecule is COc1ccc(CC(=O)O)c(O/C(F)=C/C(=C(\C)O)c2cccc(CN)c2F)c1. The van der Waals surface area contributed by atoms with E-state index in [9.17, 15) is 18.7 Å². The number of rotatable bonds is 8. The van der Waals surface area contributed by atoms with Gasteiger partial charge >= 0.3 is 5.97 Å². The van der Waals surface area contributed by atoms with Gasteiger partial charge in [0.2, 0.25) is 0 Å². The predicted octanol–water partition coefficient (Wildman–Crippen LogP) is 4.10. The molecule has 0 fully saturated rings. The lowest BCUT2D eigenvalue weighted by Gasteiger charge is -2.12. The van der Waals surface area contributed by atoms with E-state index in [-0.39, 0.29) is 40.3 Å². The maximum Gasteiger partial charge on any atom is 0.307 e. The number of aliphatic hydroxyl groups is 1. The van der Waals surface area contributed by atoms with Gasteiger partial charge in [-0.2, -0.15) is 4.39 Å². The van der Waals surface area contributed by atoms with Gasteiger partial charge in [-0.3, -0.25) is 4.79 Å². The van der Waals surface area contributed by atoms with E-state index in [2.05, 4.69) is 0 Å². The molecule has 8 heteroatoms. The minimum Gasteiger partial charge on any atom is -0.512 e. The van der Waals surface area contributed by atoms with Crippen LogP contribution in [-0.2, 0) is 17.8 Å². The maximum atomic E-state index is 14.6. The molecule has 2 aromatic carbocycles. The molecular weight excluding hydrogens is 384 g/mol. The molecule has 0 bridgehead atoms. The van der Waals surface area contributed by atoms with Crippen molar-refractivity contribution in [1.29, 1.82) is 0 Å². The van der Waals surface area contributed by atoms with Crippen LogP contribution in [0.2, 0.25) is 0 Å². The van der Waals surface area contributed by atoms with Crippen LogP contribution >= 0.6 is 0 Å². The minimum absolute atomic E-state index is 0.0527. The molecule has 0 spiro atoms. The molecule has 0 aliphatic heterocycles. The summed E-state index contributed by atoms with van der Waals surface area (Å²) >= 11 is 0. The molecule has 2 aromatic rings. The van der Waals surface area contributed by atoms with Gasteiger partial charge in [-0.25, -0.2) is 4.39 Å². The van der Waals surface area contributed by atoms with Crippen molar-refractivity contribution in [3.63, 3.8) is 0 Å². The highest BCUT2D eigenvalue weighted by Crippen LogP contribution is 2.30. The molecule has 154 valence electrons. The van der Waals surface area contributed by atoms with Crippen LogP contribution in [0.15, 0.2) is 54.2 Å². The number of nitrogens with two attached hydrogens (primary N) is 1. The average molecular weight is 405 g/mol. The van der Waals surface area contributed by atoms with Gasteiger partial charge < -0.3 is 25.4 Å². The van der Waals surface area contributed by atoms with Crippen LogP contribution in [-0.4, -0.2) is 23.3 Å². The van der Waals surface area contributed by atoms with Crippen LogP contribution in [0.1, 0.15) is 23.6 Å². The number of hydrogen-bond acceptors (Lipinski definition) is 5. The second-order valence-electron chi connectivity index (χ2n) is 6.08. The highest BCUT2D eigenvalue weighted by atomic mass is 19.1. The summed E-state index contributed by atoms with van der Waals surface area (Å²) < 4.78 is 39.4. The van der Waals surface area contributed by atoms with Gasteiger partial charge in [0.25, 0.3) is 6.01 Å². The van der Waals surface area contributed by atoms with Crippen molar-refractivity contribution >= 4 is 11.5 Å². The van der Waals surface area contributed by atoms with E-state index in [0.717, 1.165) is 6.08 Å². The Balaban J connectivity index is 2.44. The van der Waals surface area contributed by atoms with Crippen molar-refractivity contribution in [3.8, 4) is 11.5 Å². The lowest BCUT2D eigenvalue weighted by atomic mass is 10.0. The largest absolute Gasteiger partial charge is 0.512 e. The fraction of sp³-hybridized carbons (Fsp3) is 0.190. The second kappa shape index (κ2) is 9.70. The fourth-order valence-corrected chi connectivity index (χ4v) is 2.64. The molecule has 4 N–H and O–H groups in total. The summed E-state index contributed by atoms with van der Waals surface area (Å²) in [5.41, 5.74) is 5.71. The Labute approximate surface area is 166 Å². The number of carbonyl (C=O) groups is 1. The summed E-state index contributed by atoms with van der Waals surface area (Å²) in [6.45, 7) is 1.21. The van der Waals surface area contributed by atoms with E-state index in [1.165, 1.54) is 50.4 Å². The third kappa shape index (κ3) is 5.55. The van der Waals surface area contributed by atoms with Crippen molar-refractivity contribution in [2.24, 2.45) is 5.73 Å². The third-order valence-electron chi connectivity index (χ3n) is 4.06. The molecule has 2 rings (SSSR count). The Kier molecular flexibility index (Phi) is 7.33. The minimum atomic E-state index is -1.18. The summed E-state index contributed by atoms with van der Waals surface area (Å²) in [5.74, 6) is -1.90. The number of allylic oxidation sites excluding steroid dienone is 3. The quantitative estimate of drug-likeness (QED) is 0.451. The zero-order valence-electron chi connectivity index (χ0n) is 15.9. The summed E-state index contributed by atoms with van der Waals surface area (Å²) in [6.07, 6.45) is 0.416. The number of benzene rings is 2. The van der Waals surface area contributed by atoms with Crippen molar-refractivity contribution in [1.82, 2.24) is 0 Å². The maximum absolute atomic E-state index is 14.6. The molecule has 0 atom stereocenters. The molecule has 0 saturated heterocycles. The van der Waals surface area contributed by atoms with E-state index < -0.39 is 24.2 Å². The second-order valence-corrected chi connectivity index (χ2v) is 6.08. The summed E-state index contributed by atoms with van der Waals surface area (Å²) in [5, 5.41) is 19.0. The number of hydrogen-bond donors (Lipinski definition) is 3. The van der Waals surface area contributed by atoms with Gasteiger partial charge in [0, 0.05) is 41.0 Å². The molecule has 0 amide bonds. The summed E-state index contributed by atoms with van der Waals surface area (Å²) in [7, 11) is 1.39. The summed E-state index contributed by atoms with van der Waals surface area (Å²) in [4.78, 5) is 11.0. The summed E-state index contributed by atoms with van der Waals surface area (Å²) in [6, 6.07) is 7.49. The van der Waals surface area contributed by atoms with E-state index in [1.54, 1.807) is 0 Å². The third-order valence-corrected chi connectivity index (χ3v) is 4.06. The van der Waals surface area contributed by atoms with Gasteiger partial charge in [-0.15, -0.1) is 0 Å². The molecule has 0 saturated carbocycles. The first-order valence-corrected chi connectivity index (χ1v) is 8.58. The Morgan fingerprint density at radius 2 is 1.93 bits per heavy atom. The normalized spacial score (nSPS) is 12.4. The molecule has 0 aliphatic rings. The van der Waals surface area contributed by atoms with Gasteiger partial charge in [0.05, 0.1) is 19.3 Å². The lowest BCUT2D eigenvalue weighted by molar-refractivity contribution is -0.136. The Morgan fingerprint density at radius 3 is 2.52 bits per heavy atom. The molecule has 29 heavy (non-hydrogen) atoms. The number of methoxy groups -OCH3 is 1. The van der Waals surface area contributed by atoms with Crippen molar-refractivity contribution < 1.29 is 33.3 Å². The fourth-order valence-electron chi connectivity index (χ4n) is 2.64. The number of carboxylic acids is 1. The molecule has 0 radical (unpaired) electrons. The number of carboxylic acid groups (broad SMARTS) is 1. The first-order chi connectivity index (χ1) is 13.8. The van der Waals surface area contributed by atoms with Crippen LogP contribution in [0.25, 0.3) is 5.57 Å². The highest BCUT2D eigenvalue weighted by Gasteiger charge is 2.16. The molecule has 0 unspecified atom stereocenters. The molecule has 0 aliphatic carbocycles. The molecule has 0 heterocycles. The van der Waals surface area contributed by atoms with Crippen molar-refractivity contribution in [2.45, 2.75) is 19.9 Å². The molecule has 6 nitrogen and oxygen atoms in total. The van der Waals surface area contributed by atoms with Gasteiger partial charge in [0.15, 0.2) is 0 Å². The van der Waals surface area contributed by atoms with Crippen LogP contribution < -0.4 is 15.2 Å². The number of aliphatic hydroxyl groups excluding tert-OH is 1.